The predicted molar refractivity (Wildman–Crippen MR) is 66.8 cm³/mol. The van der Waals surface area contributed by atoms with Crippen molar-refractivity contribution in [3.63, 3.8) is 0 Å². The fourth-order valence-corrected chi connectivity index (χ4v) is 2.60. The molecule has 0 saturated carbocycles. The van der Waals surface area contributed by atoms with Crippen molar-refractivity contribution in [2.75, 3.05) is 4.93 Å². The molecule has 2 rings (SSSR count). The topological polar surface area (TPSA) is 77.3 Å². The Balaban J connectivity index is 2.71. The van der Waals surface area contributed by atoms with Crippen molar-refractivity contribution in [2.45, 2.75) is 33.6 Å². The Morgan fingerprint density at radius 1 is 0.947 bits per heavy atom. The zero-order valence-corrected chi connectivity index (χ0v) is 13.8. The first kappa shape index (κ1) is 14.2. The van der Waals surface area contributed by atoms with Gasteiger partial charge in [-0.1, -0.05) is 0 Å². The second-order valence-electron chi connectivity index (χ2n) is 4.49. The minimum atomic E-state index is -0.189. The summed E-state index contributed by atoms with van der Waals surface area (Å²) in [6.07, 6.45) is 0. The van der Waals surface area contributed by atoms with E-state index in [0.29, 0.717) is 0 Å². The van der Waals surface area contributed by atoms with E-state index in [0.717, 1.165) is 32.2 Å². The van der Waals surface area contributed by atoms with E-state index in [1.54, 1.807) is 0 Å². The quantitative estimate of drug-likeness (QED) is 0.476. The molecule has 0 radical (unpaired) electrons. The number of aromatic nitrogens is 6. The van der Waals surface area contributed by atoms with Crippen molar-refractivity contribution in [3.05, 3.63) is 20.9 Å². The molecule has 7 heteroatoms. The van der Waals surface area contributed by atoms with Crippen LogP contribution in [0, 0.1) is 17.7 Å². The first-order valence-corrected chi connectivity index (χ1v) is 9.19. The summed E-state index contributed by atoms with van der Waals surface area (Å²) in [5.74, 6) is 0.262. The molecule has 102 valence electrons. The Kier molecular flexibility index (Phi) is 4.33. The van der Waals surface area contributed by atoms with Crippen LogP contribution in [-0.2, 0) is 0 Å². The molecule has 2 aromatic heterocycles. The van der Waals surface area contributed by atoms with Crippen LogP contribution in [0.15, 0.2) is 0 Å². The summed E-state index contributed by atoms with van der Waals surface area (Å²) < 4.78 is 0.838. The van der Waals surface area contributed by atoms with Gasteiger partial charge in [-0.15, -0.1) is 0 Å². The molecule has 0 fully saturated rings. The second-order valence-corrected chi connectivity index (χ2v) is 6.54. The van der Waals surface area contributed by atoms with Gasteiger partial charge in [0.2, 0.25) is 0 Å². The molecule has 0 atom stereocenters. The molecule has 0 amide bonds. The van der Waals surface area contributed by atoms with Gasteiger partial charge in [-0.05, 0) is 0 Å². The number of halogens is 1. The van der Waals surface area contributed by atoms with Crippen molar-refractivity contribution >= 4 is 0 Å². The van der Waals surface area contributed by atoms with E-state index in [2.05, 4.69) is 49.4 Å². The van der Waals surface area contributed by atoms with E-state index in [-0.39, 0.29) is 27.1 Å². The van der Waals surface area contributed by atoms with E-state index in [1.807, 2.05) is 13.8 Å². The van der Waals surface area contributed by atoms with Crippen molar-refractivity contribution < 1.29 is 21.2 Å². The van der Waals surface area contributed by atoms with Crippen LogP contribution in [0.25, 0.3) is 11.3 Å². The van der Waals surface area contributed by atoms with E-state index in [1.165, 1.54) is 0 Å². The van der Waals surface area contributed by atoms with E-state index in [4.69, 9.17) is 0 Å². The summed E-state index contributed by atoms with van der Waals surface area (Å²) in [5, 5.41) is 20.4. The summed E-state index contributed by atoms with van der Waals surface area (Å²) in [6.45, 7) is 8.02. The molecule has 0 aromatic carbocycles. The molecule has 6 nitrogen and oxygen atoms in total. The molecule has 0 saturated heterocycles. The first-order valence-electron chi connectivity index (χ1n) is 5.95. The third-order valence-corrected chi connectivity index (χ3v) is 4.17. The van der Waals surface area contributed by atoms with Crippen molar-refractivity contribution in [2.24, 2.45) is 0 Å². The van der Waals surface area contributed by atoms with E-state index in [9.17, 15) is 0 Å². The average molecular weight is 371 g/mol. The standard InChI is InChI=1S/C12H16IN6/c1-6(2)10-9(7(3)16-19-17-10)11-8(4)15-18-12(13-5)14-11/h6H,1-5H3/q-1. The maximum absolute atomic E-state index is 4.63. The number of aryl methyl sites for hydroxylation is 2. The molecule has 0 aliphatic rings. The van der Waals surface area contributed by atoms with Gasteiger partial charge in [0, 0.05) is 0 Å². The van der Waals surface area contributed by atoms with Gasteiger partial charge < -0.3 is 0 Å². The molecule has 0 aliphatic heterocycles. The maximum atomic E-state index is 4.63. The average Bonchev–Trinajstić information content (AvgIpc) is 2.39. The van der Waals surface area contributed by atoms with Crippen LogP contribution < -0.4 is 21.2 Å². The fraction of sp³-hybridized carbons (Fsp3) is 0.500. The van der Waals surface area contributed by atoms with Gasteiger partial charge in [-0.2, -0.15) is 0 Å². The normalized spacial score (nSPS) is 11.3. The summed E-state index contributed by atoms with van der Waals surface area (Å²) in [6, 6.07) is 0. The van der Waals surface area contributed by atoms with E-state index >= 15 is 0 Å². The summed E-state index contributed by atoms with van der Waals surface area (Å²) in [5.41, 5.74) is 4.35. The number of hydrogen-bond donors (Lipinski definition) is 0. The Hall–Kier alpha value is -1.25. The van der Waals surface area contributed by atoms with Crippen molar-refractivity contribution in [3.8, 4) is 11.3 Å². The molecule has 2 aromatic rings. The van der Waals surface area contributed by atoms with Crippen LogP contribution >= 0.6 is 0 Å². The summed E-state index contributed by atoms with van der Waals surface area (Å²) in [4.78, 5) is 6.75. The SMILES string of the molecule is C[I-]c1nnc(C)c(-c2c(C)nnnc2C(C)C)n1. The number of alkyl halides is 1. The Morgan fingerprint density at radius 2 is 1.68 bits per heavy atom. The minimum absolute atomic E-state index is 0.189. The molecular formula is C12H16IN6-. The second kappa shape index (κ2) is 5.81. The third-order valence-electron chi connectivity index (χ3n) is 2.75. The van der Waals surface area contributed by atoms with Gasteiger partial charge in [-0.25, -0.2) is 0 Å². The fourth-order valence-electron chi connectivity index (χ4n) is 1.80. The predicted octanol–water partition coefficient (Wildman–Crippen LogP) is -1.65. The van der Waals surface area contributed by atoms with E-state index < -0.39 is 0 Å². The van der Waals surface area contributed by atoms with Crippen LogP contribution in [0.3, 0.4) is 0 Å². The number of rotatable bonds is 3. The van der Waals surface area contributed by atoms with Crippen LogP contribution in [0.5, 0.6) is 0 Å². The first-order chi connectivity index (χ1) is 9.04. The van der Waals surface area contributed by atoms with Crippen LogP contribution in [0.2, 0.25) is 0 Å². The van der Waals surface area contributed by atoms with Crippen LogP contribution in [0.4, 0.5) is 0 Å². The monoisotopic (exact) mass is 371 g/mol. The van der Waals surface area contributed by atoms with Crippen LogP contribution in [-0.4, -0.2) is 35.5 Å². The number of nitrogens with zero attached hydrogens (tertiary/aromatic N) is 6. The Bertz CT molecular complexity index is 599. The van der Waals surface area contributed by atoms with Crippen LogP contribution in [0.1, 0.15) is 36.8 Å². The molecule has 0 N–H and O–H groups in total. The third kappa shape index (κ3) is 2.85. The number of hydrogen-bond acceptors (Lipinski definition) is 6. The molecular weight excluding hydrogens is 355 g/mol. The van der Waals surface area contributed by atoms with Crippen molar-refractivity contribution in [1.29, 1.82) is 0 Å². The molecule has 0 bridgehead atoms. The molecule has 19 heavy (non-hydrogen) atoms. The van der Waals surface area contributed by atoms with Gasteiger partial charge in [0.05, 0.1) is 0 Å². The Labute approximate surface area is 122 Å². The van der Waals surface area contributed by atoms with Gasteiger partial charge >= 0.3 is 123 Å². The summed E-state index contributed by atoms with van der Waals surface area (Å²) in [7, 11) is 0. The summed E-state index contributed by atoms with van der Waals surface area (Å²) >= 11 is -0.189. The molecule has 2 heterocycles. The molecule has 0 spiro atoms. The van der Waals surface area contributed by atoms with Gasteiger partial charge in [0.25, 0.3) is 0 Å². The van der Waals surface area contributed by atoms with Gasteiger partial charge in [0.15, 0.2) is 0 Å². The zero-order valence-electron chi connectivity index (χ0n) is 11.6. The van der Waals surface area contributed by atoms with Gasteiger partial charge in [-0.3, -0.25) is 0 Å². The molecule has 0 aliphatic carbocycles. The zero-order chi connectivity index (χ0) is 14.0. The van der Waals surface area contributed by atoms with Gasteiger partial charge in [0.1, 0.15) is 0 Å². The Morgan fingerprint density at radius 3 is 2.32 bits per heavy atom. The molecule has 0 unspecified atom stereocenters. The van der Waals surface area contributed by atoms with Crippen molar-refractivity contribution in [1.82, 2.24) is 30.6 Å².